The average Bonchev–Trinajstić information content (AvgIpc) is 2.21. The summed E-state index contributed by atoms with van der Waals surface area (Å²) in [5.41, 5.74) is 0. The van der Waals surface area contributed by atoms with Gasteiger partial charge in [-0.2, -0.15) is 0 Å². The van der Waals surface area contributed by atoms with E-state index in [-0.39, 0.29) is 31.1 Å². The lowest BCUT2D eigenvalue weighted by molar-refractivity contribution is 0.0736. The Bertz CT molecular complexity index is 403. The van der Waals surface area contributed by atoms with Gasteiger partial charge in [0.2, 0.25) is 10.0 Å². The second kappa shape index (κ2) is 8.81. The second-order valence-corrected chi connectivity index (χ2v) is 7.99. The zero-order valence-corrected chi connectivity index (χ0v) is 12.3. The summed E-state index contributed by atoms with van der Waals surface area (Å²) in [6.45, 7) is 1.30. The molecule has 0 rings (SSSR count). The molecule has 0 aromatic heterocycles. The van der Waals surface area contributed by atoms with Crippen LogP contribution < -0.4 is 4.72 Å². The maximum atomic E-state index is 11.4. The third kappa shape index (κ3) is 12.2. The van der Waals surface area contributed by atoms with E-state index in [0.717, 1.165) is 6.26 Å². The first-order chi connectivity index (χ1) is 8.27. The summed E-state index contributed by atoms with van der Waals surface area (Å²) in [4.78, 5) is 0. The standard InChI is InChI=1S/C9H21NO6S2/c1-15-6-7-16-5-4-10-18(13,14)9-3-8-17(2,11)12/h10H,3-9H2,1-2H3. The van der Waals surface area contributed by atoms with Crippen LogP contribution in [0.5, 0.6) is 0 Å². The lowest BCUT2D eigenvalue weighted by Gasteiger charge is -2.07. The predicted octanol–water partition coefficient (Wildman–Crippen LogP) is -0.996. The molecule has 1 N–H and O–H groups in total. The van der Waals surface area contributed by atoms with E-state index < -0.39 is 19.9 Å². The summed E-state index contributed by atoms with van der Waals surface area (Å²) >= 11 is 0. The van der Waals surface area contributed by atoms with Crippen LogP contribution in [-0.2, 0) is 29.3 Å². The van der Waals surface area contributed by atoms with Crippen molar-refractivity contribution in [2.75, 3.05) is 51.2 Å². The van der Waals surface area contributed by atoms with E-state index in [1.165, 1.54) is 0 Å². The Labute approximate surface area is 109 Å². The number of hydrogen-bond donors (Lipinski definition) is 1. The van der Waals surface area contributed by atoms with Crippen LogP contribution in [0.2, 0.25) is 0 Å². The smallest absolute Gasteiger partial charge is 0.211 e. The molecule has 0 fully saturated rings. The third-order valence-electron chi connectivity index (χ3n) is 1.93. The number of hydrogen-bond acceptors (Lipinski definition) is 6. The van der Waals surface area contributed by atoms with Gasteiger partial charge in [-0.3, -0.25) is 0 Å². The molecular formula is C9H21NO6S2. The maximum absolute atomic E-state index is 11.4. The van der Waals surface area contributed by atoms with E-state index in [0.29, 0.717) is 13.2 Å². The summed E-state index contributed by atoms with van der Waals surface area (Å²) in [5, 5.41) is 0. The van der Waals surface area contributed by atoms with Gasteiger partial charge in [-0.25, -0.2) is 21.6 Å². The summed E-state index contributed by atoms with van der Waals surface area (Å²) in [5.74, 6) is -0.323. The van der Waals surface area contributed by atoms with Crippen LogP contribution in [0.4, 0.5) is 0 Å². The van der Waals surface area contributed by atoms with Gasteiger partial charge in [-0.15, -0.1) is 0 Å². The Balaban J connectivity index is 3.68. The van der Waals surface area contributed by atoms with Crippen molar-refractivity contribution >= 4 is 19.9 Å². The summed E-state index contributed by atoms with van der Waals surface area (Å²) in [6, 6.07) is 0. The zero-order chi connectivity index (χ0) is 14.1. The first kappa shape index (κ1) is 17.8. The van der Waals surface area contributed by atoms with Crippen LogP contribution in [0.1, 0.15) is 6.42 Å². The minimum Gasteiger partial charge on any atom is -0.382 e. The number of nitrogens with one attached hydrogen (secondary N) is 1. The lowest BCUT2D eigenvalue weighted by Crippen LogP contribution is -2.30. The molecule has 0 aliphatic carbocycles. The quantitative estimate of drug-likeness (QED) is 0.492. The predicted molar refractivity (Wildman–Crippen MR) is 68.8 cm³/mol. The van der Waals surface area contributed by atoms with Gasteiger partial charge in [0.25, 0.3) is 0 Å². The molecular weight excluding hydrogens is 282 g/mol. The normalized spacial score (nSPS) is 12.8. The van der Waals surface area contributed by atoms with Gasteiger partial charge in [0.1, 0.15) is 9.84 Å². The average molecular weight is 303 g/mol. The van der Waals surface area contributed by atoms with Crippen LogP contribution >= 0.6 is 0 Å². The van der Waals surface area contributed by atoms with E-state index in [1.807, 2.05) is 0 Å². The van der Waals surface area contributed by atoms with Gasteiger partial charge in [0, 0.05) is 19.9 Å². The van der Waals surface area contributed by atoms with Crippen molar-refractivity contribution in [2.45, 2.75) is 6.42 Å². The van der Waals surface area contributed by atoms with Gasteiger partial charge in [-0.05, 0) is 6.42 Å². The highest BCUT2D eigenvalue weighted by molar-refractivity contribution is 7.91. The lowest BCUT2D eigenvalue weighted by atomic mass is 10.6. The maximum Gasteiger partial charge on any atom is 0.211 e. The zero-order valence-electron chi connectivity index (χ0n) is 10.7. The second-order valence-electron chi connectivity index (χ2n) is 3.80. The van der Waals surface area contributed by atoms with Crippen molar-refractivity contribution in [3.05, 3.63) is 0 Å². The molecule has 0 spiro atoms. The minimum absolute atomic E-state index is 0.0959. The monoisotopic (exact) mass is 303 g/mol. The minimum atomic E-state index is -3.42. The number of sulfone groups is 1. The van der Waals surface area contributed by atoms with Gasteiger partial charge < -0.3 is 9.47 Å². The van der Waals surface area contributed by atoms with Crippen molar-refractivity contribution in [3.8, 4) is 0 Å². The van der Waals surface area contributed by atoms with E-state index in [4.69, 9.17) is 9.47 Å². The largest absolute Gasteiger partial charge is 0.382 e. The van der Waals surface area contributed by atoms with Gasteiger partial charge in [-0.1, -0.05) is 0 Å². The Morgan fingerprint density at radius 1 is 1.00 bits per heavy atom. The first-order valence-electron chi connectivity index (χ1n) is 5.48. The highest BCUT2D eigenvalue weighted by Gasteiger charge is 2.11. The Morgan fingerprint density at radius 3 is 2.22 bits per heavy atom. The molecule has 18 heavy (non-hydrogen) atoms. The fourth-order valence-electron chi connectivity index (χ4n) is 1.10. The fourth-order valence-corrected chi connectivity index (χ4v) is 3.01. The van der Waals surface area contributed by atoms with Crippen LogP contribution in [0.25, 0.3) is 0 Å². The topological polar surface area (TPSA) is 98.8 Å². The molecule has 0 saturated carbocycles. The molecule has 9 heteroatoms. The number of methoxy groups -OCH3 is 1. The molecule has 0 atom stereocenters. The molecule has 0 bridgehead atoms. The SMILES string of the molecule is COCCOCCNS(=O)(=O)CCCS(C)(=O)=O. The third-order valence-corrected chi connectivity index (χ3v) is 4.43. The molecule has 0 aliphatic heterocycles. The summed E-state index contributed by atoms with van der Waals surface area (Å²) in [7, 11) is -4.99. The van der Waals surface area contributed by atoms with Crippen molar-refractivity contribution in [1.82, 2.24) is 4.72 Å². The number of ether oxygens (including phenoxy) is 2. The molecule has 0 heterocycles. The van der Waals surface area contributed by atoms with Crippen molar-refractivity contribution in [1.29, 1.82) is 0 Å². The Kier molecular flexibility index (Phi) is 8.70. The van der Waals surface area contributed by atoms with E-state index >= 15 is 0 Å². The molecule has 0 unspecified atom stereocenters. The highest BCUT2D eigenvalue weighted by Crippen LogP contribution is 1.94. The molecule has 0 aromatic rings. The molecule has 0 aromatic carbocycles. The summed E-state index contributed by atoms with van der Waals surface area (Å²) in [6.07, 6.45) is 1.18. The van der Waals surface area contributed by atoms with Crippen molar-refractivity contribution in [2.24, 2.45) is 0 Å². The molecule has 110 valence electrons. The molecule has 0 saturated heterocycles. The Morgan fingerprint density at radius 2 is 1.67 bits per heavy atom. The molecule has 0 amide bonds. The summed E-state index contributed by atoms with van der Waals surface area (Å²) < 4.78 is 56.7. The van der Waals surface area contributed by atoms with Gasteiger partial charge in [0.15, 0.2) is 0 Å². The van der Waals surface area contributed by atoms with Crippen LogP contribution in [0.15, 0.2) is 0 Å². The van der Waals surface area contributed by atoms with E-state index in [9.17, 15) is 16.8 Å². The van der Waals surface area contributed by atoms with Gasteiger partial charge >= 0.3 is 0 Å². The fraction of sp³-hybridized carbons (Fsp3) is 1.00. The first-order valence-corrected chi connectivity index (χ1v) is 9.20. The van der Waals surface area contributed by atoms with E-state index in [1.54, 1.807) is 7.11 Å². The number of rotatable bonds is 11. The van der Waals surface area contributed by atoms with Crippen molar-refractivity contribution < 1.29 is 26.3 Å². The Hall–Kier alpha value is -0.220. The van der Waals surface area contributed by atoms with E-state index in [2.05, 4.69) is 4.72 Å². The van der Waals surface area contributed by atoms with Crippen LogP contribution in [0, 0.1) is 0 Å². The highest BCUT2D eigenvalue weighted by atomic mass is 32.2. The van der Waals surface area contributed by atoms with Crippen molar-refractivity contribution in [3.63, 3.8) is 0 Å². The number of sulfonamides is 1. The molecule has 7 nitrogen and oxygen atoms in total. The van der Waals surface area contributed by atoms with Crippen LogP contribution in [-0.4, -0.2) is 68.1 Å². The van der Waals surface area contributed by atoms with Gasteiger partial charge in [0.05, 0.1) is 31.3 Å². The molecule has 0 aliphatic rings. The van der Waals surface area contributed by atoms with Crippen LogP contribution in [0.3, 0.4) is 0 Å². The molecule has 0 radical (unpaired) electrons.